The van der Waals surface area contributed by atoms with Crippen molar-refractivity contribution in [3.63, 3.8) is 0 Å². The predicted molar refractivity (Wildman–Crippen MR) is 141 cm³/mol. The number of unbranched alkanes of at least 4 members (excludes halogenated alkanes) is 4. The van der Waals surface area contributed by atoms with E-state index in [1.54, 1.807) is 25.3 Å². The smallest absolute Gasteiger partial charge is 0.254 e. The van der Waals surface area contributed by atoms with Crippen molar-refractivity contribution < 1.29 is 18.7 Å². The zero-order chi connectivity index (χ0) is 25.8. The summed E-state index contributed by atoms with van der Waals surface area (Å²) < 4.78 is 18.6. The fourth-order valence-electron chi connectivity index (χ4n) is 4.52. The fourth-order valence-corrected chi connectivity index (χ4v) is 4.52. The van der Waals surface area contributed by atoms with Gasteiger partial charge in [-0.25, -0.2) is 4.39 Å². The van der Waals surface area contributed by atoms with E-state index < -0.39 is 0 Å². The topological polar surface area (TPSA) is 53.1 Å². The van der Waals surface area contributed by atoms with Gasteiger partial charge < -0.3 is 14.5 Å². The first-order valence-electron chi connectivity index (χ1n) is 13.2. The molecule has 3 rings (SSSR count). The van der Waals surface area contributed by atoms with Gasteiger partial charge in [0.25, 0.3) is 5.91 Å². The van der Waals surface area contributed by atoms with Crippen molar-refractivity contribution in [2.75, 3.05) is 46.4 Å². The Hall–Kier alpha value is -2.93. The largest absolute Gasteiger partial charge is 0.497 e. The van der Waals surface area contributed by atoms with E-state index in [0.717, 1.165) is 38.0 Å². The normalized spacial score (nSPS) is 14.0. The lowest BCUT2D eigenvalue weighted by atomic mass is 10.1. The van der Waals surface area contributed by atoms with Crippen LogP contribution in [0.1, 0.15) is 61.4 Å². The molecule has 1 heterocycles. The Kier molecular flexibility index (Phi) is 11.2. The van der Waals surface area contributed by atoms with E-state index in [1.165, 1.54) is 31.4 Å². The van der Waals surface area contributed by atoms with Crippen LogP contribution in [-0.4, -0.2) is 72.9 Å². The number of rotatable bonds is 13. The molecular formula is C29H40FN3O3. The Balaban J connectivity index is 1.51. The second kappa shape index (κ2) is 14.6. The molecule has 0 bridgehead atoms. The predicted octanol–water partition coefficient (Wildman–Crippen LogP) is 4.98. The van der Waals surface area contributed by atoms with Gasteiger partial charge in [-0.05, 0) is 42.3 Å². The third kappa shape index (κ3) is 8.63. The van der Waals surface area contributed by atoms with Crippen LogP contribution in [0.4, 0.5) is 4.39 Å². The number of halogens is 1. The van der Waals surface area contributed by atoms with Crippen molar-refractivity contribution in [3.8, 4) is 5.75 Å². The fraction of sp³-hybridized carbons (Fsp3) is 0.517. The number of benzene rings is 2. The highest BCUT2D eigenvalue weighted by Crippen LogP contribution is 2.16. The highest BCUT2D eigenvalue weighted by Gasteiger charge is 2.23. The van der Waals surface area contributed by atoms with Crippen molar-refractivity contribution in [3.05, 3.63) is 65.5 Å². The highest BCUT2D eigenvalue weighted by molar-refractivity contribution is 5.94. The summed E-state index contributed by atoms with van der Waals surface area (Å²) >= 11 is 0. The number of methoxy groups -OCH3 is 1. The van der Waals surface area contributed by atoms with Gasteiger partial charge in [-0.15, -0.1) is 0 Å². The van der Waals surface area contributed by atoms with Crippen molar-refractivity contribution in [1.82, 2.24) is 14.7 Å². The summed E-state index contributed by atoms with van der Waals surface area (Å²) in [6.07, 6.45) is 6.09. The molecule has 0 aliphatic carbocycles. The lowest BCUT2D eigenvalue weighted by Crippen LogP contribution is -2.50. The van der Waals surface area contributed by atoms with Crippen LogP contribution in [-0.2, 0) is 11.3 Å². The van der Waals surface area contributed by atoms with Gasteiger partial charge in [0, 0.05) is 57.8 Å². The molecule has 0 radical (unpaired) electrons. The minimum absolute atomic E-state index is 0.0183. The van der Waals surface area contributed by atoms with Crippen molar-refractivity contribution in [2.24, 2.45) is 0 Å². The number of carbonyl (C=O) groups excluding carboxylic acids is 2. The summed E-state index contributed by atoms with van der Waals surface area (Å²) in [6.45, 7) is 6.89. The van der Waals surface area contributed by atoms with E-state index in [9.17, 15) is 14.0 Å². The van der Waals surface area contributed by atoms with Gasteiger partial charge in [0.1, 0.15) is 11.6 Å². The third-order valence-electron chi connectivity index (χ3n) is 6.80. The molecule has 1 saturated heterocycles. The van der Waals surface area contributed by atoms with E-state index in [2.05, 4.69) is 11.8 Å². The second-order valence-corrected chi connectivity index (χ2v) is 9.47. The van der Waals surface area contributed by atoms with Gasteiger partial charge in [0.05, 0.1) is 7.11 Å². The van der Waals surface area contributed by atoms with Gasteiger partial charge in [-0.3, -0.25) is 14.5 Å². The Morgan fingerprint density at radius 2 is 1.69 bits per heavy atom. The SMILES string of the molecule is CCCCCCCC(=O)N(CCN1CCN(C(=O)c2cccc(OC)c2)CC1)Cc1ccc(F)cc1. The van der Waals surface area contributed by atoms with Crippen LogP contribution in [0, 0.1) is 5.82 Å². The summed E-state index contributed by atoms with van der Waals surface area (Å²) in [5.41, 5.74) is 1.57. The Labute approximate surface area is 215 Å². The average Bonchev–Trinajstić information content (AvgIpc) is 2.91. The number of piperazine rings is 1. The van der Waals surface area contributed by atoms with Crippen molar-refractivity contribution in [1.29, 1.82) is 0 Å². The molecule has 1 fully saturated rings. The molecule has 6 nitrogen and oxygen atoms in total. The number of carbonyl (C=O) groups is 2. The first kappa shape index (κ1) is 27.7. The Bertz CT molecular complexity index is 958. The van der Waals surface area contributed by atoms with Crippen molar-refractivity contribution in [2.45, 2.75) is 52.0 Å². The van der Waals surface area contributed by atoms with Gasteiger partial charge >= 0.3 is 0 Å². The molecular weight excluding hydrogens is 457 g/mol. The van der Waals surface area contributed by atoms with Crippen LogP contribution >= 0.6 is 0 Å². The zero-order valence-electron chi connectivity index (χ0n) is 21.8. The summed E-state index contributed by atoms with van der Waals surface area (Å²) in [4.78, 5) is 32.0. The first-order chi connectivity index (χ1) is 17.5. The first-order valence-corrected chi connectivity index (χ1v) is 13.2. The molecule has 0 atom stereocenters. The molecule has 0 N–H and O–H groups in total. The number of hydrogen-bond donors (Lipinski definition) is 0. The van der Waals surface area contributed by atoms with Gasteiger partial charge in [0.2, 0.25) is 5.91 Å². The number of nitrogens with zero attached hydrogens (tertiary/aromatic N) is 3. The minimum atomic E-state index is -0.270. The standard InChI is InChI=1S/C29H40FN3O3/c1-3-4-5-6-7-11-28(34)33(23-24-12-14-26(30)15-13-24)21-18-31-16-19-32(20-17-31)29(35)25-9-8-10-27(22-25)36-2/h8-10,12-15,22H,3-7,11,16-21,23H2,1-2H3. The van der Waals surface area contributed by atoms with Crippen molar-refractivity contribution >= 4 is 11.8 Å². The van der Waals surface area contributed by atoms with Crippen LogP contribution in [0.3, 0.4) is 0 Å². The summed E-state index contributed by atoms with van der Waals surface area (Å²) in [6, 6.07) is 13.6. The van der Waals surface area contributed by atoms with E-state index in [1.807, 2.05) is 28.0 Å². The third-order valence-corrected chi connectivity index (χ3v) is 6.80. The van der Waals surface area contributed by atoms with Gasteiger partial charge in [0.15, 0.2) is 0 Å². The van der Waals surface area contributed by atoms with Crippen LogP contribution in [0.2, 0.25) is 0 Å². The average molecular weight is 498 g/mol. The monoisotopic (exact) mass is 497 g/mol. The maximum atomic E-state index is 13.4. The van der Waals surface area contributed by atoms with Crippen LogP contribution in [0.15, 0.2) is 48.5 Å². The lowest BCUT2D eigenvalue weighted by molar-refractivity contribution is -0.132. The molecule has 2 aromatic carbocycles. The maximum Gasteiger partial charge on any atom is 0.254 e. The van der Waals surface area contributed by atoms with E-state index in [0.29, 0.717) is 43.9 Å². The summed E-state index contributed by atoms with van der Waals surface area (Å²) in [7, 11) is 1.60. The Morgan fingerprint density at radius 3 is 2.39 bits per heavy atom. The second-order valence-electron chi connectivity index (χ2n) is 9.47. The van der Waals surface area contributed by atoms with Crippen LogP contribution in [0.25, 0.3) is 0 Å². The molecule has 196 valence electrons. The Morgan fingerprint density at radius 1 is 0.972 bits per heavy atom. The van der Waals surface area contributed by atoms with Gasteiger partial charge in [-0.2, -0.15) is 0 Å². The molecule has 0 aromatic heterocycles. The highest BCUT2D eigenvalue weighted by atomic mass is 19.1. The number of hydrogen-bond acceptors (Lipinski definition) is 4. The van der Waals surface area contributed by atoms with E-state index >= 15 is 0 Å². The molecule has 36 heavy (non-hydrogen) atoms. The molecule has 2 amide bonds. The molecule has 0 spiro atoms. The minimum Gasteiger partial charge on any atom is -0.497 e. The molecule has 1 aliphatic rings. The molecule has 7 heteroatoms. The van der Waals surface area contributed by atoms with E-state index in [4.69, 9.17) is 4.74 Å². The summed E-state index contributed by atoms with van der Waals surface area (Å²) in [5.74, 6) is 0.581. The molecule has 2 aromatic rings. The molecule has 0 unspecified atom stereocenters. The number of ether oxygens (including phenoxy) is 1. The number of amides is 2. The van der Waals surface area contributed by atoms with E-state index in [-0.39, 0.29) is 17.6 Å². The zero-order valence-corrected chi connectivity index (χ0v) is 21.8. The van der Waals surface area contributed by atoms with Gasteiger partial charge in [-0.1, -0.05) is 50.8 Å². The maximum absolute atomic E-state index is 13.4. The molecule has 0 saturated carbocycles. The van der Waals surface area contributed by atoms with Crippen LogP contribution < -0.4 is 4.74 Å². The quantitative estimate of drug-likeness (QED) is 0.366. The van der Waals surface area contributed by atoms with Crippen LogP contribution in [0.5, 0.6) is 5.75 Å². The lowest BCUT2D eigenvalue weighted by Gasteiger charge is -2.36. The summed E-state index contributed by atoms with van der Waals surface area (Å²) in [5, 5.41) is 0. The molecule has 1 aliphatic heterocycles.